The minimum atomic E-state index is -2.03. The summed E-state index contributed by atoms with van der Waals surface area (Å²) in [6, 6.07) is 0. The molecule has 0 spiro atoms. The van der Waals surface area contributed by atoms with Crippen LogP contribution in [0.4, 0.5) is 0 Å². The monoisotopic (exact) mass is 230 g/mol. The van der Waals surface area contributed by atoms with Crippen molar-refractivity contribution in [3.8, 4) is 0 Å². The normalized spacial score (nSPS) is 7.00. The maximum atomic E-state index is 10.0. The van der Waals surface area contributed by atoms with E-state index in [2.05, 4.69) is 0 Å². The van der Waals surface area contributed by atoms with E-state index in [1.54, 1.807) is 0 Å². The van der Waals surface area contributed by atoms with Crippen LogP contribution in [0.15, 0.2) is 0 Å². The minimum absolute atomic E-state index is 0.0625. The van der Waals surface area contributed by atoms with E-state index in [1.807, 2.05) is 0 Å². The molecule has 0 unspecified atom stereocenters. The number of carbonyl (C=O) groups excluding carboxylic acids is 2. The fourth-order valence-corrected chi connectivity index (χ4v) is 0.351. The zero-order valence-electron chi connectivity index (χ0n) is 5.75. The molecule has 0 aromatic heterocycles. The van der Waals surface area contributed by atoms with Gasteiger partial charge in [-0.2, -0.15) is 0 Å². The summed E-state index contributed by atoms with van der Waals surface area (Å²) in [7, 11) is 0. The van der Waals surface area contributed by atoms with Crippen molar-refractivity contribution >= 4 is 11.6 Å². The van der Waals surface area contributed by atoms with Crippen molar-refractivity contribution in [1.29, 1.82) is 0 Å². The molecule has 0 fully saturated rings. The van der Waals surface area contributed by atoms with Gasteiger partial charge in [0.2, 0.25) is 0 Å². The van der Waals surface area contributed by atoms with Crippen LogP contribution in [0.2, 0.25) is 0 Å². The number of rotatable bonds is 2. The van der Waals surface area contributed by atoms with Gasteiger partial charge in [-0.1, -0.05) is 0 Å². The van der Waals surface area contributed by atoms with E-state index in [-0.39, 0.29) is 18.0 Å². The van der Waals surface area contributed by atoms with Crippen LogP contribution < -0.4 is 0 Å². The van der Waals surface area contributed by atoms with Crippen LogP contribution in [-0.2, 0) is 34.9 Å². The first-order valence-corrected chi connectivity index (χ1v) is 4.09. The summed E-state index contributed by atoms with van der Waals surface area (Å²) in [4.78, 5) is 20.1. The van der Waals surface area contributed by atoms with Gasteiger partial charge in [0.25, 0.3) is 0 Å². The van der Waals surface area contributed by atoms with E-state index in [9.17, 15) is 9.59 Å². The molecule has 0 saturated heterocycles. The molecule has 0 N–H and O–H groups in total. The molecule has 0 heterocycles. The van der Waals surface area contributed by atoms with Gasteiger partial charge in [-0.25, -0.2) is 0 Å². The average molecular weight is 228 g/mol. The molecule has 0 atom stereocenters. The predicted molar refractivity (Wildman–Crippen MR) is 27.4 cm³/mol. The van der Waals surface area contributed by atoms with Crippen molar-refractivity contribution < 1.29 is 34.9 Å². The summed E-state index contributed by atoms with van der Waals surface area (Å²) in [5.74, 6) is -0.125. The van der Waals surface area contributed by atoms with Gasteiger partial charge in [-0.3, -0.25) is 9.59 Å². The third-order valence-electron chi connectivity index (χ3n) is 0.498. The second-order valence-electron chi connectivity index (χ2n) is 1.65. The van der Waals surface area contributed by atoms with Crippen molar-refractivity contribution in [2.45, 2.75) is 20.3 Å². The second kappa shape index (κ2) is 8.63. The Morgan fingerprint density at radius 3 is 1.30 bits per heavy atom. The molecular weight excluding hydrogens is 220 g/mol. The Morgan fingerprint density at radius 2 is 1.30 bits per heavy atom. The molecule has 10 heavy (non-hydrogen) atoms. The van der Waals surface area contributed by atoms with Crippen LogP contribution in [-0.4, -0.2) is 11.6 Å². The van der Waals surface area contributed by atoms with Gasteiger partial charge in [0, 0.05) is 0 Å². The molecule has 0 aliphatic rings. The van der Waals surface area contributed by atoms with Crippen molar-refractivity contribution in [1.82, 2.24) is 0 Å². The Labute approximate surface area is 67.1 Å². The second-order valence-corrected chi connectivity index (χ2v) is 1.98. The molecular formula is C5H8MoO4. The van der Waals surface area contributed by atoms with E-state index in [1.165, 1.54) is 13.8 Å². The Morgan fingerprint density at radius 1 is 1.10 bits per heavy atom. The SMILES string of the molecule is CC(=O)CC(C)=O.[O]=[Mo]=[O]. The topological polar surface area (TPSA) is 68.3 Å². The molecule has 5 heteroatoms. The first kappa shape index (κ1) is 12.3. The molecule has 0 aliphatic heterocycles. The molecule has 4 nitrogen and oxygen atoms in total. The Hall–Kier alpha value is -0.372. The first-order valence-electron chi connectivity index (χ1n) is 2.45. The van der Waals surface area contributed by atoms with Gasteiger partial charge < -0.3 is 0 Å². The van der Waals surface area contributed by atoms with Gasteiger partial charge in [-0.05, 0) is 13.8 Å². The summed E-state index contributed by atoms with van der Waals surface area (Å²) < 4.78 is 17.0. The number of hydrogen-bond acceptors (Lipinski definition) is 4. The number of carbonyl (C=O) groups is 2. The van der Waals surface area contributed by atoms with E-state index in [4.69, 9.17) is 6.80 Å². The molecule has 0 rings (SSSR count). The van der Waals surface area contributed by atoms with E-state index in [0.29, 0.717) is 0 Å². The standard InChI is InChI=1S/C5H8O2.Mo.2O/c1-4(6)3-5(2)7;;;/h3H2,1-2H3;;;. The molecule has 0 radical (unpaired) electrons. The summed E-state index contributed by atoms with van der Waals surface area (Å²) in [6.45, 7) is 2.81. The van der Waals surface area contributed by atoms with Gasteiger partial charge >= 0.3 is 25.3 Å². The fraction of sp³-hybridized carbons (Fsp3) is 0.600. The quantitative estimate of drug-likeness (QED) is 0.504. The molecule has 0 bridgehead atoms. The van der Waals surface area contributed by atoms with Gasteiger partial charge in [0.05, 0.1) is 6.42 Å². The van der Waals surface area contributed by atoms with Gasteiger partial charge in [0.15, 0.2) is 0 Å². The van der Waals surface area contributed by atoms with Crippen LogP contribution >= 0.6 is 0 Å². The molecule has 0 saturated carbocycles. The first-order chi connectivity index (χ1) is 4.54. The summed E-state index contributed by atoms with van der Waals surface area (Å²) in [6.07, 6.45) is 0.0833. The van der Waals surface area contributed by atoms with Crippen molar-refractivity contribution in [3.63, 3.8) is 0 Å². The third kappa shape index (κ3) is 25.5. The van der Waals surface area contributed by atoms with E-state index < -0.39 is 18.5 Å². The van der Waals surface area contributed by atoms with Crippen LogP contribution in [0.3, 0.4) is 0 Å². The Balaban J connectivity index is 0. The number of Topliss-reactive ketones (excluding diaryl/α,β-unsaturated/α-hetero) is 2. The average Bonchev–Trinajstić information content (AvgIpc) is 1.62. The van der Waals surface area contributed by atoms with E-state index >= 15 is 0 Å². The molecule has 0 aliphatic carbocycles. The van der Waals surface area contributed by atoms with Crippen LogP contribution in [0.25, 0.3) is 0 Å². The van der Waals surface area contributed by atoms with Crippen molar-refractivity contribution in [2.24, 2.45) is 0 Å². The molecule has 0 aromatic rings. The summed E-state index contributed by atoms with van der Waals surface area (Å²) in [5.41, 5.74) is 0. The zero-order valence-corrected chi connectivity index (χ0v) is 7.76. The predicted octanol–water partition coefficient (Wildman–Crippen LogP) is 0.314. The molecule has 58 valence electrons. The van der Waals surface area contributed by atoms with Crippen LogP contribution in [0.5, 0.6) is 0 Å². The van der Waals surface area contributed by atoms with Crippen molar-refractivity contribution in [2.75, 3.05) is 0 Å². The summed E-state index contributed by atoms with van der Waals surface area (Å²) in [5, 5.41) is 0. The number of hydrogen-bond donors (Lipinski definition) is 0. The van der Waals surface area contributed by atoms with Gasteiger partial charge in [-0.15, -0.1) is 0 Å². The molecule has 0 aromatic carbocycles. The molecule has 0 amide bonds. The van der Waals surface area contributed by atoms with E-state index in [0.717, 1.165) is 0 Å². The van der Waals surface area contributed by atoms with Gasteiger partial charge in [0.1, 0.15) is 11.6 Å². The summed E-state index contributed by atoms with van der Waals surface area (Å²) >= 11 is -2.03. The van der Waals surface area contributed by atoms with Crippen molar-refractivity contribution in [3.05, 3.63) is 0 Å². The van der Waals surface area contributed by atoms with Crippen LogP contribution in [0, 0.1) is 0 Å². The Kier molecular flexibility index (Phi) is 10.6. The fourth-order valence-electron chi connectivity index (χ4n) is 0.351. The third-order valence-corrected chi connectivity index (χ3v) is 0.498. The zero-order chi connectivity index (χ0) is 8.57. The Bertz CT molecular complexity index is 145. The van der Waals surface area contributed by atoms with Crippen LogP contribution in [0.1, 0.15) is 20.3 Å². The number of ketones is 2. The maximum absolute atomic E-state index is 10.0.